The molecular weight excluding hydrogens is 242 g/mol. The minimum absolute atomic E-state index is 0.0958. The van der Waals surface area contributed by atoms with E-state index in [2.05, 4.69) is 15.8 Å². The number of hydrazone groups is 1. The van der Waals surface area contributed by atoms with E-state index in [0.29, 0.717) is 5.56 Å². The van der Waals surface area contributed by atoms with Crippen LogP contribution in [0.3, 0.4) is 0 Å². The number of fused-ring (bicyclic) bond motifs is 1. The van der Waals surface area contributed by atoms with Crippen molar-refractivity contribution in [3.63, 3.8) is 0 Å². The molecule has 2 aromatic rings. The van der Waals surface area contributed by atoms with Crippen LogP contribution in [0, 0.1) is 0 Å². The molecule has 19 heavy (non-hydrogen) atoms. The van der Waals surface area contributed by atoms with E-state index >= 15 is 0 Å². The van der Waals surface area contributed by atoms with E-state index < -0.39 is 0 Å². The number of likely N-dealkylation sites (N-methyl/N-ethyl adjacent to an activating group) is 1. The average molecular weight is 257 g/mol. The summed E-state index contributed by atoms with van der Waals surface area (Å²) in [6.07, 6.45) is 1.51. The highest BCUT2D eigenvalue weighted by atomic mass is 16.3. The molecule has 0 unspecified atom stereocenters. The minimum Gasteiger partial charge on any atom is -0.507 e. The summed E-state index contributed by atoms with van der Waals surface area (Å²) >= 11 is 0. The van der Waals surface area contributed by atoms with E-state index in [0.717, 1.165) is 10.8 Å². The zero-order chi connectivity index (χ0) is 13.7. The van der Waals surface area contributed by atoms with Gasteiger partial charge in [0.25, 0.3) is 0 Å². The molecule has 2 aromatic carbocycles. The van der Waals surface area contributed by atoms with Crippen molar-refractivity contribution in [2.75, 3.05) is 13.6 Å². The topological polar surface area (TPSA) is 73.7 Å². The molecule has 0 saturated carbocycles. The van der Waals surface area contributed by atoms with Crippen molar-refractivity contribution in [3.8, 4) is 5.75 Å². The Labute approximate surface area is 110 Å². The van der Waals surface area contributed by atoms with Crippen molar-refractivity contribution >= 4 is 22.9 Å². The Morgan fingerprint density at radius 3 is 2.89 bits per heavy atom. The fourth-order valence-electron chi connectivity index (χ4n) is 1.74. The van der Waals surface area contributed by atoms with Gasteiger partial charge in [-0.15, -0.1) is 0 Å². The summed E-state index contributed by atoms with van der Waals surface area (Å²) in [5.74, 6) is 0.00323. The highest BCUT2D eigenvalue weighted by Gasteiger charge is 2.04. The van der Waals surface area contributed by atoms with Crippen LogP contribution < -0.4 is 10.7 Å². The van der Waals surface area contributed by atoms with Crippen LogP contribution >= 0.6 is 0 Å². The van der Waals surface area contributed by atoms with E-state index in [1.807, 2.05) is 30.3 Å². The number of carbonyl (C=O) groups excluding carboxylic acids is 1. The van der Waals surface area contributed by atoms with E-state index in [1.165, 1.54) is 6.21 Å². The molecule has 0 aliphatic carbocycles. The number of rotatable bonds is 4. The van der Waals surface area contributed by atoms with Gasteiger partial charge in [-0.3, -0.25) is 4.79 Å². The zero-order valence-electron chi connectivity index (χ0n) is 10.6. The van der Waals surface area contributed by atoms with Gasteiger partial charge in [-0.25, -0.2) is 0 Å². The Morgan fingerprint density at radius 1 is 1.32 bits per heavy atom. The van der Waals surface area contributed by atoms with Crippen molar-refractivity contribution in [2.24, 2.45) is 5.10 Å². The maximum atomic E-state index is 11.0. The van der Waals surface area contributed by atoms with Crippen LogP contribution in [0.4, 0.5) is 0 Å². The quantitative estimate of drug-likeness (QED) is 0.569. The van der Waals surface area contributed by atoms with E-state index in [4.69, 9.17) is 0 Å². The molecule has 5 nitrogen and oxygen atoms in total. The number of phenols is 1. The summed E-state index contributed by atoms with van der Waals surface area (Å²) < 4.78 is 0. The van der Waals surface area contributed by atoms with Crippen LogP contribution in [0.25, 0.3) is 10.8 Å². The fourth-order valence-corrected chi connectivity index (χ4v) is 1.74. The maximum Gasteiger partial charge on any atom is 0.240 e. The first kappa shape index (κ1) is 12.9. The molecule has 98 valence electrons. The minimum atomic E-state index is -0.153. The fraction of sp³-hybridized carbons (Fsp3) is 0.143. The summed E-state index contributed by atoms with van der Waals surface area (Å²) in [7, 11) is 1.56. The molecule has 2 rings (SSSR count). The van der Waals surface area contributed by atoms with Crippen molar-refractivity contribution in [1.29, 1.82) is 0 Å². The third-order valence-corrected chi connectivity index (χ3v) is 2.75. The average Bonchev–Trinajstić information content (AvgIpc) is 2.45. The van der Waals surface area contributed by atoms with E-state index in [-0.39, 0.29) is 18.2 Å². The third-order valence-electron chi connectivity index (χ3n) is 2.75. The van der Waals surface area contributed by atoms with Crippen LogP contribution in [0.1, 0.15) is 5.56 Å². The Balaban J connectivity index is 2.22. The van der Waals surface area contributed by atoms with Gasteiger partial charge in [0.05, 0.1) is 6.21 Å². The molecule has 0 aromatic heterocycles. The predicted molar refractivity (Wildman–Crippen MR) is 75.3 cm³/mol. The molecule has 0 spiro atoms. The Kier molecular flexibility index (Phi) is 3.97. The summed E-state index contributed by atoms with van der Waals surface area (Å²) in [4.78, 5) is 11.0. The molecule has 1 amide bonds. The number of aromatic hydroxyl groups is 1. The lowest BCUT2D eigenvalue weighted by atomic mass is 10.0. The van der Waals surface area contributed by atoms with Crippen LogP contribution in [0.15, 0.2) is 41.5 Å². The monoisotopic (exact) mass is 257 g/mol. The number of benzene rings is 2. The van der Waals surface area contributed by atoms with Gasteiger partial charge in [0.2, 0.25) is 5.91 Å². The van der Waals surface area contributed by atoms with Crippen molar-refractivity contribution < 1.29 is 9.90 Å². The van der Waals surface area contributed by atoms with Gasteiger partial charge in [-0.2, -0.15) is 5.10 Å². The number of nitrogens with zero attached hydrogens (tertiary/aromatic N) is 1. The highest BCUT2D eigenvalue weighted by molar-refractivity contribution is 6.02. The molecule has 0 bridgehead atoms. The second kappa shape index (κ2) is 5.86. The van der Waals surface area contributed by atoms with Gasteiger partial charge in [0.1, 0.15) is 12.3 Å². The van der Waals surface area contributed by atoms with Gasteiger partial charge < -0.3 is 15.8 Å². The molecule has 0 heterocycles. The molecule has 0 aliphatic rings. The lowest BCUT2D eigenvalue weighted by Crippen LogP contribution is -2.28. The Morgan fingerprint density at radius 2 is 2.11 bits per heavy atom. The number of hydrogen-bond acceptors (Lipinski definition) is 4. The first-order valence-corrected chi connectivity index (χ1v) is 5.89. The Hall–Kier alpha value is -2.56. The third kappa shape index (κ3) is 3.01. The second-order valence-corrected chi connectivity index (χ2v) is 3.99. The van der Waals surface area contributed by atoms with Gasteiger partial charge in [0, 0.05) is 12.6 Å². The van der Waals surface area contributed by atoms with Crippen LogP contribution in [-0.2, 0) is 4.79 Å². The Bertz CT molecular complexity index is 623. The summed E-state index contributed by atoms with van der Waals surface area (Å²) in [5.41, 5.74) is 3.25. The summed E-state index contributed by atoms with van der Waals surface area (Å²) in [6, 6.07) is 11.2. The predicted octanol–water partition coefficient (Wildman–Crippen LogP) is 1.21. The van der Waals surface area contributed by atoms with Crippen LogP contribution in [0.5, 0.6) is 5.75 Å². The molecule has 3 N–H and O–H groups in total. The number of amides is 1. The van der Waals surface area contributed by atoms with Crippen LogP contribution in [-0.4, -0.2) is 30.8 Å². The summed E-state index contributed by atoms with van der Waals surface area (Å²) in [5, 5.41) is 18.2. The number of hydrogen-bond donors (Lipinski definition) is 3. The molecule has 0 saturated heterocycles. The number of nitrogens with one attached hydrogen (secondary N) is 2. The van der Waals surface area contributed by atoms with Gasteiger partial charge in [-0.1, -0.05) is 30.3 Å². The van der Waals surface area contributed by atoms with Crippen LogP contribution in [0.2, 0.25) is 0 Å². The van der Waals surface area contributed by atoms with Crippen molar-refractivity contribution in [1.82, 2.24) is 10.7 Å². The lowest BCUT2D eigenvalue weighted by Gasteiger charge is -2.04. The lowest BCUT2D eigenvalue weighted by molar-refractivity contribution is -0.119. The van der Waals surface area contributed by atoms with Gasteiger partial charge in [0.15, 0.2) is 0 Å². The number of carbonyl (C=O) groups is 1. The molecule has 5 heteroatoms. The summed E-state index contributed by atoms with van der Waals surface area (Å²) in [6.45, 7) is 0.0958. The van der Waals surface area contributed by atoms with Crippen molar-refractivity contribution in [2.45, 2.75) is 0 Å². The first-order chi connectivity index (χ1) is 9.22. The zero-order valence-corrected chi connectivity index (χ0v) is 10.6. The van der Waals surface area contributed by atoms with Crippen molar-refractivity contribution in [3.05, 3.63) is 42.0 Å². The molecular formula is C14H15N3O2. The second-order valence-electron chi connectivity index (χ2n) is 3.99. The standard InChI is InChI=1S/C14H15N3O2/c1-15-14(19)9-17-16-8-12-11-5-3-2-4-10(11)6-7-13(12)18/h2-8,17-18H,9H2,1H3,(H,15,19)/b16-8+. The SMILES string of the molecule is CNC(=O)CN/N=C/c1c(O)ccc2ccccc12. The molecule has 0 radical (unpaired) electrons. The van der Waals surface area contributed by atoms with Gasteiger partial charge >= 0.3 is 0 Å². The van der Waals surface area contributed by atoms with E-state index in [1.54, 1.807) is 13.1 Å². The molecule has 0 aliphatic heterocycles. The first-order valence-electron chi connectivity index (χ1n) is 5.89. The molecule has 0 atom stereocenters. The normalized spacial score (nSPS) is 10.8. The number of phenolic OH excluding ortho intramolecular Hbond substituents is 1. The highest BCUT2D eigenvalue weighted by Crippen LogP contribution is 2.25. The molecule has 0 fully saturated rings. The van der Waals surface area contributed by atoms with E-state index in [9.17, 15) is 9.90 Å². The smallest absolute Gasteiger partial charge is 0.240 e. The van der Waals surface area contributed by atoms with Gasteiger partial charge in [-0.05, 0) is 16.8 Å². The maximum absolute atomic E-state index is 11.0. The largest absolute Gasteiger partial charge is 0.507 e.